The summed E-state index contributed by atoms with van der Waals surface area (Å²) in [5.74, 6) is 0.345. The van der Waals surface area contributed by atoms with Gasteiger partial charge in [-0.05, 0) is 46.5 Å². The Balaban J connectivity index is 2.57. The number of rotatable bonds is 8. The summed E-state index contributed by atoms with van der Waals surface area (Å²) in [7, 11) is 0. The lowest BCUT2D eigenvalue weighted by Gasteiger charge is -2.16. The quantitative estimate of drug-likeness (QED) is 0.749. The van der Waals surface area contributed by atoms with Gasteiger partial charge in [0, 0.05) is 4.47 Å². The molecule has 0 spiro atoms. The van der Waals surface area contributed by atoms with Crippen LogP contribution < -0.4 is 4.74 Å². The second-order valence-electron chi connectivity index (χ2n) is 4.67. The van der Waals surface area contributed by atoms with Crippen molar-refractivity contribution in [3.63, 3.8) is 0 Å². The Hall–Kier alpha value is -1.03. The van der Waals surface area contributed by atoms with Crippen molar-refractivity contribution in [1.29, 1.82) is 0 Å². The maximum Gasteiger partial charge on any atom is 0.336 e. The van der Waals surface area contributed by atoms with Gasteiger partial charge in [-0.15, -0.1) is 0 Å². The molecule has 0 heterocycles. The van der Waals surface area contributed by atoms with E-state index in [2.05, 4.69) is 29.8 Å². The lowest BCUT2D eigenvalue weighted by atomic mass is 10.0. The van der Waals surface area contributed by atoms with E-state index in [0.717, 1.165) is 6.42 Å². The molecule has 3 nitrogen and oxygen atoms in total. The molecule has 0 fully saturated rings. The van der Waals surface area contributed by atoms with E-state index >= 15 is 0 Å². The van der Waals surface area contributed by atoms with E-state index in [4.69, 9.17) is 9.84 Å². The van der Waals surface area contributed by atoms with Crippen LogP contribution in [0, 0.1) is 5.92 Å². The zero-order valence-corrected chi connectivity index (χ0v) is 13.1. The van der Waals surface area contributed by atoms with Crippen molar-refractivity contribution in [3.05, 3.63) is 28.2 Å². The third-order valence-electron chi connectivity index (χ3n) is 3.20. The monoisotopic (exact) mass is 328 g/mol. The lowest BCUT2D eigenvalue weighted by molar-refractivity contribution is 0.0696. The van der Waals surface area contributed by atoms with Gasteiger partial charge in [0.1, 0.15) is 5.75 Å². The van der Waals surface area contributed by atoms with Crippen molar-refractivity contribution in [2.24, 2.45) is 5.92 Å². The van der Waals surface area contributed by atoms with E-state index in [0.29, 0.717) is 22.7 Å². The fourth-order valence-electron chi connectivity index (χ4n) is 1.87. The molecular weight excluding hydrogens is 308 g/mol. The highest BCUT2D eigenvalue weighted by molar-refractivity contribution is 9.10. The lowest BCUT2D eigenvalue weighted by Crippen LogP contribution is -2.11. The van der Waals surface area contributed by atoms with Gasteiger partial charge in [0.2, 0.25) is 0 Å². The van der Waals surface area contributed by atoms with Gasteiger partial charge in [0.05, 0.1) is 12.2 Å². The number of carboxylic acids is 1. The van der Waals surface area contributed by atoms with Crippen molar-refractivity contribution < 1.29 is 14.6 Å². The Morgan fingerprint density at radius 1 is 1.42 bits per heavy atom. The Labute approximate surface area is 123 Å². The van der Waals surface area contributed by atoms with Crippen LogP contribution in [0.15, 0.2) is 22.7 Å². The Morgan fingerprint density at radius 3 is 2.68 bits per heavy atom. The van der Waals surface area contributed by atoms with Gasteiger partial charge in [0.25, 0.3) is 0 Å². The molecule has 0 amide bonds. The van der Waals surface area contributed by atoms with Gasteiger partial charge in [-0.2, -0.15) is 0 Å². The number of hydrogen-bond donors (Lipinski definition) is 1. The van der Waals surface area contributed by atoms with Crippen molar-refractivity contribution in [2.75, 3.05) is 6.61 Å². The van der Waals surface area contributed by atoms with Crippen molar-refractivity contribution in [3.8, 4) is 5.75 Å². The van der Waals surface area contributed by atoms with E-state index in [1.165, 1.54) is 19.3 Å². The molecule has 1 N–H and O–H groups in total. The SMILES string of the molecule is CCCCC(CC)COc1ccc(C(=O)O)c(Br)c1. The second kappa shape index (κ2) is 8.20. The number of halogens is 1. The maximum atomic E-state index is 10.9. The molecular formula is C15H21BrO3. The highest BCUT2D eigenvalue weighted by atomic mass is 79.9. The average Bonchev–Trinajstić information content (AvgIpc) is 2.38. The Kier molecular flexibility index (Phi) is 6.92. The minimum atomic E-state index is -0.937. The van der Waals surface area contributed by atoms with Crippen molar-refractivity contribution >= 4 is 21.9 Å². The first-order chi connectivity index (χ1) is 9.08. The molecule has 1 rings (SSSR count). The topological polar surface area (TPSA) is 46.5 Å². The van der Waals surface area contributed by atoms with Gasteiger partial charge in [0.15, 0.2) is 0 Å². The molecule has 106 valence electrons. The number of hydrogen-bond acceptors (Lipinski definition) is 2. The van der Waals surface area contributed by atoms with Crippen LogP contribution in [-0.2, 0) is 0 Å². The third-order valence-corrected chi connectivity index (χ3v) is 3.86. The molecule has 0 aromatic heterocycles. The molecule has 1 aromatic carbocycles. The number of aromatic carboxylic acids is 1. The fraction of sp³-hybridized carbons (Fsp3) is 0.533. The number of benzene rings is 1. The van der Waals surface area contributed by atoms with Gasteiger partial charge in [-0.3, -0.25) is 0 Å². The number of carboxylic acid groups (broad SMARTS) is 1. The third kappa shape index (κ3) is 5.23. The number of unbranched alkanes of at least 4 members (excludes halogenated alkanes) is 1. The summed E-state index contributed by atoms with van der Waals surface area (Å²) in [4.78, 5) is 10.9. The minimum absolute atomic E-state index is 0.255. The number of carbonyl (C=O) groups is 1. The van der Waals surface area contributed by atoms with Gasteiger partial charge < -0.3 is 9.84 Å². The zero-order chi connectivity index (χ0) is 14.3. The highest BCUT2D eigenvalue weighted by Gasteiger charge is 2.10. The molecule has 0 aliphatic rings. The summed E-state index contributed by atoms with van der Waals surface area (Å²) in [6, 6.07) is 4.99. The summed E-state index contributed by atoms with van der Waals surface area (Å²) in [6.07, 6.45) is 4.72. The predicted molar refractivity (Wildman–Crippen MR) is 79.9 cm³/mol. The van der Waals surface area contributed by atoms with Crippen LogP contribution in [0.25, 0.3) is 0 Å². The summed E-state index contributed by atoms with van der Waals surface area (Å²) in [6.45, 7) is 5.05. The van der Waals surface area contributed by atoms with Gasteiger partial charge in [-0.25, -0.2) is 4.79 Å². The minimum Gasteiger partial charge on any atom is -0.493 e. The molecule has 0 radical (unpaired) electrons. The smallest absolute Gasteiger partial charge is 0.336 e. The largest absolute Gasteiger partial charge is 0.493 e. The van der Waals surface area contributed by atoms with E-state index in [1.54, 1.807) is 18.2 Å². The van der Waals surface area contributed by atoms with Crippen LogP contribution in [0.4, 0.5) is 0 Å². The Morgan fingerprint density at radius 2 is 2.16 bits per heavy atom. The van der Waals surface area contributed by atoms with Crippen molar-refractivity contribution in [2.45, 2.75) is 39.5 Å². The second-order valence-corrected chi connectivity index (χ2v) is 5.53. The highest BCUT2D eigenvalue weighted by Crippen LogP contribution is 2.24. The van der Waals surface area contributed by atoms with E-state index in [9.17, 15) is 4.79 Å². The molecule has 0 bridgehead atoms. The molecule has 19 heavy (non-hydrogen) atoms. The summed E-state index contributed by atoms with van der Waals surface area (Å²) >= 11 is 3.25. The van der Waals surface area contributed by atoms with Crippen LogP contribution in [0.3, 0.4) is 0 Å². The fourth-order valence-corrected chi connectivity index (χ4v) is 2.40. The summed E-state index contributed by atoms with van der Waals surface area (Å²) in [5, 5.41) is 8.94. The average molecular weight is 329 g/mol. The molecule has 1 aromatic rings. The molecule has 1 unspecified atom stereocenters. The molecule has 1 atom stereocenters. The number of ether oxygens (including phenoxy) is 1. The first-order valence-electron chi connectivity index (χ1n) is 6.74. The Bertz CT molecular complexity index is 418. The van der Waals surface area contributed by atoms with Crippen LogP contribution in [0.2, 0.25) is 0 Å². The van der Waals surface area contributed by atoms with Crippen LogP contribution in [-0.4, -0.2) is 17.7 Å². The first kappa shape index (κ1) is 16.0. The van der Waals surface area contributed by atoms with Gasteiger partial charge >= 0.3 is 5.97 Å². The van der Waals surface area contributed by atoms with Crippen molar-refractivity contribution in [1.82, 2.24) is 0 Å². The van der Waals surface area contributed by atoms with Crippen LogP contribution in [0.1, 0.15) is 49.9 Å². The molecule has 0 saturated carbocycles. The molecule has 0 aliphatic heterocycles. The summed E-state index contributed by atoms with van der Waals surface area (Å²) in [5.41, 5.74) is 0.255. The van der Waals surface area contributed by atoms with Gasteiger partial charge in [-0.1, -0.05) is 33.1 Å². The standard InChI is InChI=1S/C15H21BrO3/c1-3-5-6-11(4-2)10-19-12-7-8-13(15(17)18)14(16)9-12/h7-9,11H,3-6,10H2,1-2H3,(H,17,18). The van der Waals surface area contributed by atoms with Crippen LogP contribution >= 0.6 is 15.9 Å². The first-order valence-corrected chi connectivity index (χ1v) is 7.53. The molecule has 4 heteroatoms. The molecule has 0 aliphatic carbocycles. The van der Waals surface area contributed by atoms with E-state index in [-0.39, 0.29) is 5.56 Å². The van der Waals surface area contributed by atoms with Crippen LogP contribution in [0.5, 0.6) is 5.75 Å². The maximum absolute atomic E-state index is 10.9. The van der Waals surface area contributed by atoms with E-state index < -0.39 is 5.97 Å². The van der Waals surface area contributed by atoms with E-state index in [1.807, 2.05) is 0 Å². The zero-order valence-electron chi connectivity index (χ0n) is 11.5. The predicted octanol–water partition coefficient (Wildman–Crippen LogP) is 4.74. The normalized spacial score (nSPS) is 12.2. The molecule has 0 saturated heterocycles. The summed E-state index contributed by atoms with van der Waals surface area (Å²) < 4.78 is 6.30.